The van der Waals surface area contributed by atoms with Crippen LogP contribution in [0.1, 0.15) is 64.0 Å². The molecule has 3 unspecified atom stereocenters. The van der Waals surface area contributed by atoms with E-state index in [2.05, 4.69) is 6.92 Å². The van der Waals surface area contributed by atoms with Crippen molar-refractivity contribution in [2.75, 3.05) is 18.0 Å². The fraction of sp³-hybridized carbons (Fsp3) is 0.464. The van der Waals surface area contributed by atoms with Gasteiger partial charge in [0.2, 0.25) is 5.91 Å². The molecule has 7 heteroatoms. The third kappa shape index (κ3) is 5.26. The molecule has 0 bridgehead atoms. The summed E-state index contributed by atoms with van der Waals surface area (Å²) in [5.41, 5.74) is 2.73. The zero-order chi connectivity index (χ0) is 25.1. The second-order valence-corrected chi connectivity index (χ2v) is 10.4. The SMILES string of the molecule is CCC(C)C1N=C(c2ccccc2Cl)c2cc(Cl)ccc2N(CC(=O)N2CCCCC2CC)C1=O. The van der Waals surface area contributed by atoms with Gasteiger partial charge in [0.05, 0.1) is 11.4 Å². The summed E-state index contributed by atoms with van der Waals surface area (Å²) in [4.78, 5) is 36.2. The number of likely N-dealkylation sites (tertiary alicyclic amines) is 1. The minimum Gasteiger partial charge on any atom is -0.338 e. The van der Waals surface area contributed by atoms with E-state index < -0.39 is 6.04 Å². The highest BCUT2D eigenvalue weighted by Gasteiger charge is 2.37. The number of benzodiazepines with no additional fused rings is 1. The Morgan fingerprint density at radius 2 is 1.89 bits per heavy atom. The average molecular weight is 514 g/mol. The van der Waals surface area contributed by atoms with Crippen LogP contribution in [0.5, 0.6) is 0 Å². The summed E-state index contributed by atoms with van der Waals surface area (Å²) in [5.74, 6) is -0.195. The molecule has 35 heavy (non-hydrogen) atoms. The van der Waals surface area contributed by atoms with Gasteiger partial charge in [0.25, 0.3) is 5.91 Å². The number of hydrogen-bond acceptors (Lipinski definition) is 3. The first kappa shape index (κ1) is 25.7. The van der Waals surface area contributed by atoms with Gasteiger partial charge in [0, 0.05) is 33.8 Å². The van der Waals surface area contributed by atoms with Gasteiger partial charge in [-0.2, -0.15) is 0 Å². The Morgan fingerprint density at radius 3 is 2.60 bits per heavy atom. The van der Waals surface area contributed by atoms with E-state index in [1.165, 1.54) is 0 Å². The first-order valence-corrected chi connectivity index (χ1v) is 13.3. The molecule has 2 aliphatic heterocycles. The highest BCUT2D eigenvalue weighted by Crippen LogP contribution is 2.34. The largest absolute Gasteiger partial charge is 0.338 e. The summed E-state index contributed by atoms with van der Waals surface area (Å²) < 4.78 is 0. The average Bonchev–Trinajstić information content (AvgIpc) is 2.98. The van der Waals surface area contributed by atoms with Gasteiger partial charge in [-0.25, -0.2) is 0 Å². The van der Waals surface area contributed by atoms with Crippen LogP contribution in [-0.4, -0.2) is 47.6 Å². The lowest BCUT2D eigenvalue weighted by Gasteiger charge is -2.37. The van der Waals surface area contributed by atoms with Gasteiger partial charge in [-0.3, -0.25) is 14.6 Å². The van der Waals surface area contributed by atoms with Crippen LogP contribution in [0.4, 0.5) is 5.69 Å². The van der Waals surface area contributed by atoms with E-state index in [1.807, 2.05) is 55.1 Å². The molecule has 1 saturated heterocycles. The Hall–Kier alpha value is -2.37. The first-order chi connectivity index (χ1) is 16.8. The zero-order valence-electron chi connectivity index (χ0n) is 20.6. The Morgan fingerprint density at radius 1 is 1.11 bits per heavy atom. The molecule has 4 rings (SSSR count). The molecular formula is C28H33Cl2N3O2. The summed E-state index contributed by atoms with van der Waals surface area (Å²) >= 11 is 13.0. The van der Waals surface area contributed by atoms with Crippen LogP contribution < -0.4 is 4.90 Å². The van der Waals surface area contributed by atoms with E-state index in [-0.39, 0.29) is 30.3 Å². The summed E-state index contributed by atoms with van der Waals surface area (Å²) in [6.07, 6.45) is 4.84. The van der Waals surface area contributed by atoms with Crippen molar-refractivity contribution in [3.05, 3.63) is 63.6 Å². The van der Waals surface area contributed by atoms with Gasteiger partial charge in [0.1, 0.15) is 12.6 Å². The number of hydrogen-bond donors (Lipinski definition) is 0. The normalized spacial score (nSPS) is 21.3. The highest BCUT2D eigenvalue weighted by molar-refractivity contribution is 6.37. The van der Waals surface area contributed by atoms with Crippen molar-refractivity contribution in [1.29, 1.82) is 0 Å². The van der Waals surface area contributed by atoms with E-state index in [0.717, 1.165) is 44.2 Å². The van der Waals surface area contributed by atoms with Gasteiger partial charge >= 0.3 is 0 Å². The maximum atomic E-state index is 14.0. The van der Waals surface area contributed by atoms with Crippen LogP contribution in [0.3, 0.4) is 0 Å². The van der Waals surface area contributed by atoms with E-state index in [0.29, 0.717) is 27.0 Å². The maximum absolute atomic E-state index is 14.0. The molecular weight excluding hydrogens is 481 g/mol. The third-order valence-electron chi connectivity index (χ3n) is 7.32. The number of amides is 2. The predicted molar refractivity (Wildman–Crippen MR) is 144 cm³/mol. The van der Waals surface area contributed by atoms with Crippen molar-refractivity contribution < 1.29 is 9.59 Å². The number of carbonyl (C=O) groups excluding carboxylic acids is 2. The van der Waals surface area contributed by atoms with E-state index in [4.69, 9.17) is 28.2 Å². The lowest BCUT2D eigenvalue weighted by molar-refractivity contribution is -0.135. The van der Waals surface area contributed by atoms with Crippen LogP contribution >= 0.6 is 23.2 Å². The third-order valence-corrected chi connectivity index (χ3v) is 7.88. The second-order valence-electron chi connectivity index (χ2n) is 9.52. The maximum Gasteiger partial charge on any atom is 0.252 e. The van der Waals surface area contributed by atoms with Gasteiger partial charge in [-0.15, -0.1) is 0 Å². The van der Waals surface area contributed by atoms with Gasteiger partial charge in [0.15, 0.2) is 0 Å². The van der Waals surface area contributed by atoms with Crippen LogP contribution in [0.15, 0.2) is 47.5 Å². The van der Waals surface area contributed by atoms with Crippen LogP contribution in [0, 0.1) is 5.92 Å². The molecule has 0 spiro atoms. The molecule has 2 aliphatic rings. The van der Waals surface area contributed by atoms with E-state index >= 15 is 0 Å². The molecule has 0 N–H and O–H groups in total. The molecule has 0 aromatic heterocycles. The molecule has 2 heterocycles. The number of benzene rings is 2. The van der Waals surface area contributed by atoms with E-state index in [1.54, 1.807) is 11.0 Å². The summed E-state index contributed by atoms with van der Waals surface area (Å²) in [6, 6.07) is 12.5. The van der Waals surface area contributed by atoms with Crippen molar-refractivity contribution in [3.63, 3.8) is 0 Å². The van der Waals surface area contributed by atoms with Crippen molar-refractivity contribution in [2.24, 2.45) is 10.9 Å². The van der Waals surface area contributed by atoms with Gasteiger partial charge < -0.3 is 9.80 Å². The number of rotatable bonds is 6. The molecule has 0 radical (unpaired) electrons. The Kier molecular flexibility index (Phi) is 8.18. The molecule has 0 aliphatic carbocycles. The highest BCUT2D eigenvalue weighted by atomic mass is 35.5. The molecule has 2 aromatic carbocycles. The van der Waals surface area contributed by atoms with Crippen LogP contribution in [0.2, 0.25) is 10.0 Å². The lowest BCUT2D eigenvalue weighted by atomic mass is 9.97. The van der Waals surface area contributed by atoms with Crippen molar-refractivity contribution in [1.82, 2.24) is 4.90 Å². The number of nitrogens with zero attached hydrogens (tertiary/aromatic N) is 3. The standard InChI is InChI=1S/C28H33Cl2N3O2/c1-4-18(3)26-28(35)33(17-25(34)32-15-9-8-10-20(32)5-2)24-14-13-19(29)16-22(24)27(31-26)21-11-6-7-12-23(21)30/h6-7,11-14,16,18,20,26H,4-5,8-10,15,17H2,1-3H3. The van der Waals surface area contributed by atoms with Crippen molar-refractivity contribution >= 4 is 46.4 Å². The van der Waals surface area contributed by atoms with Gasteiger partial charge in [-0.05, 0) is 55.9 Å². The predicted octanol–water partition coefficient (Wildman–Crippen LogP) is 6.38. The van der Waals surface area contributed by atoms with Gasteiger partial charge in [-0.1, -0.05) is 68.6 Å². The molecule has 0 saturated carbocycles. The van der Waals surface area contributed by atoms with E-state index in [9.17, 15) is 9.59 Å². The minimum absolute atomic E-state index is 0.0117. The smallest absolute Gasteiger partial charge is 0.252 e. The molecule has 1 fully saturated rings. The van der Waals surface area contributed by atoms with Crippen molar-refractivity contribution in [2.45, 2.75) is 65.0 Å². The number of carbonyl (C=O) groups is 2. The van der Waals surface area contributed by atoms with Crippen LogP contribution in [-0.2, 0) is 9.59 Å². The number of piperidine rings is 1. The van der Waals surface area contributed by atoms with Crippen molar-refractivity contribution in [3.8, 4) is 0 Å². The molecule has 5 nitrogen and oxygen atoms in total. The molecule has 2 amide bonds. The monoisotopic (exact) mass is 513 g/mol. The summed E-state index contributed by atoms with van der Waals surface area (Å²) in [5, 5.41) is 1.09. The Balaban J connectivity index is 1.83. The zero-order valence-corrected chi connectivity index (χ0v) is 22.1. The fourth-order valence-electron chi connectivity index (χ4n) is 5.08. The first-order valence-electron chi connectivity index (χ1n) is 12.6. The molecule has 2 aromatic rings. The molecule has 186 valence electrons. The number of fused-ring (bicyclic) bond motifs is 1. The molecule has 3 atom stereocenters. The lowest BCUT2D eigenvalue weighted by Crippen LogP contribution is -2.51. The Bertz CT molecular complexity index is 1130. The summed E-state index contributed by atoms with van der Waals surface area (Å²) in [6.45, 7) is 6.92. The second kappa shape index (κ2) is 11.1. The number of aliphatic imine (C=N–C) groups is 1. The summed E-state index contributed by atoms with van der Waals surface area (Å²) in [7, 11) is 0. The minimum atomic E-state index is -0.631. The number of anilines is 1. The van der Waals surface area contributed by atoms with Crippen LogP contribution in [0.25, 0.3) is 0 Å². The topological polar surface area (TPSA) is 53.0 Å². The Labute approximate surface area is 218 Å². The number of halogens is 2. The fourth-order valence-corrected chi connectivity index (χ4v) is 5.48. The quantitative estimate of drug-likeness (QED) is 0.449.